The van der Waals surface area contributed by atoms with Crippen molar-refractivity contribution in [2.24, 2.45) is 5.73 Å². The summed E-state index contributed by atoms with van der Waals surface area (Å²) in [7, 11) is 5.89. The van der Waals surface area contributed by atoms with Gasteiger partial charge in [0.05, 0.1) is 11.6 Å². The minimum Gasteiger partial charge on any atom is -0.496 e. The van der Waals surface area contributed by atoms with Crippen molar-refractivity contribution >= 4 is 15.9 Å². The molecular formula is C16H28BrN3O. The maximum Gasteiger partial charge on any atom is 0.133 e. The molecular weight excluding hydrogens is 330 g/mol. The van der Waals surface area contributed by atoms with Gasteiger partial charge in [0.15, 0.2) is 0 Å². The fraction of sp³-hybridized carbons (Fsp3) is 0.625. The molecule has 1 aromatic rings. The van der Waals surface area contributed by atoms with Gasteiger partial charge in [-0.15, -0.1) is 0 Å². The van der Waals surface area contributed by atoms with Gasteiger partial charge in [-0.2, -0.15) is 0 Å². The molecule has 0 bridgehead atoms. The van der Waals surface area contributed by atoms with Crippen LogP contribution in [0.25, 0.3) is 0 Å². The van der Waals surface area contributed by atoms with Crippen LogP contribution in [-0.4, -0.2) is 57.2 Å². The summed E-state index contributed by atoms with van der Waals surface area (Å²) in [6.07, 6.45) is 1.13. The normalized spacial score (nSPS) is 13.0. The predicted octanol–water partition coefficient (Wildman–Crippen LogP) is 2.73. The van der Waals surface area contributed by atoms with Crippen molar-refractivity contribution in [2.75, 3.05) is 47.4 Å². The molecule has 0 aromatic heterocycles. The number of halogens is 1. The Morgan fingerprint density at radius 2 is 1.95 bits per heavy atom. The van der Waals surface area contributed by atoms with E-state index in [1.54, 1.807) is 7.11 Å². The van der Waals surface area contributed by atoms with E-state index >= 15 is 0 Å². The van der Waals surface area contributed by atoms with Crippen LogP contribution >= 0.6 is 15.9 Å². The van der Waals surface area contributed by atoms with Gasteiger partial charge in [0.1, 0.15) is 5.75 Å². The second-order valence-corrected chi connectivity index (χ2v) is 6.34. The summed E-state index contributed by atoms with van der Waals surface area (Å²) in [5.41, 5.74) is 7.29. The third kappa shape index (κ3) is 5.58. The zero-order chi connectivity index (χ0) is 15.8. The van der Waals surface area contributed by atoms with E-state index in [2.05, 4.69) is 58.9 Å². The molecule has 0 saturated carbocycles. The summed E-state index contributed by atoms with van der Waals surface area (Å²) >= 11 is 3.56. The number of nitrogens with two attached hydrogens (primary N) is 1. The number of methoxy groups -OCH3 is 1. The minimum absolute atomic E-state index is 0.243. The zero-order valence-corrected chi connectivity index (χ0v) is 15.2. The molecule has 1 unspecified atom stereocenters. The van der Waals surface area contributed by atoms with Crippen LogP contribution in [0, 0.1) is 0 Å². The molecule has 0 amide bonds. The van der Waals surface area contributed by atoms with Crippen molar-refractivity contribution in [1.82, 2.24) is 9.80 Å². The molecule has 0 heterocycles. The van der Waals surface area contributed by atoms with E-state index in [1.165, 1.54) is 5.56 Å². The molecule has 0 saturated heterocycles. The lowest BCUT2D eigenvalue weighted by molar-refractivity contribution is 0.182. The summed E-state index contributed by atoms with van der Waals surface area (Å²) in [5, 5.41) is 0. The first-order valence-electron chi connectivity index (χ1n) is 7.45. The van der Waals surface area contributed by atoms with Gasteiger partial charge in [0.25, 0.3) is 0 Å². The molecule has 0 radical (unpaired) electrons. The lowest BCUT2D eigenvalue weighted by Gasteiger charge is -2.32. The Hall–Kier alpha value is -0.620. The Balaban J connectivity index is 2.93. The fourth-order valence-electron chi connectivity index (χ4n) is 2.43. The van der Waals surface area contributed by atoms with Crippen molar-refractivity contribution in [2.45, 2.75) is 19.4 Å². The Morgan fingerprint density at radius 3 is 2.43 bits per heavy atom. The van der Waals surface area contributed by atoms with Crippen LogP contribution in [0.5, 0.6) is 5.75 Å². The third-order valence-electron chi connectivity index (χ3n) is 3.57. The SMILES string of the molecule is CCCN(CCN(C)C)C(CN)c1ccc(OC)c(Br)c1. The topological polar surface area (TPSA) is 41.7 Å². The average molecular weight is 358 g/mol. The van der Waals surface area contributed by atoms with E-state index in [-0.39, 0.29) is 6.04 Å². The molecule has 4 nitrogen and oxygen atoms in total. The second kappa shape index (κ2) is 9.41. The maximum atomic E-state index is 6.06. The summed E-state index contributed by atoms with van der Waals surface area (Å²) in [5.74, 6) is 0.852. The molecule has 2 N–H and O–H groups in total. The molecule has 1 aromatic carbocycles. The van der Waals surface area contributed by atoms with Crippen LogP contribution in [0.15, 0.2) is 22.7 Å². The van der Waals surface area contributed by atoms with Crippen LogP contribution in [-0.2, 0) is 0 Å². The van der Waals surface area contributed by atoms with Gasteiger partial charge in [-0.05, 0) is 60.7 Å². The van der Waals surface area contributed by atoms with Gasteiger partial charge in [0.2, 0.25) is 0 Å². The van der Waals surface area contributed by atoms with Gasteiger partial charge in [0, 0.05) is 25.7 Å². The highest BCUT2D eigenvalue weighted by Crippen LogP contribution is 2.30. The summed E-state index contributed by atoms with van der Waals surface area (Å²) in [6, 6.07) is 6.47. The minimum atomic E-state index is 0.243. The fourth-order valence-corrected chi connectivity index (χ4v) is 2.98. The number of likely N-dealkylation sites (N-methyl/N-ethyl adjacent to an activating group) is 1. The Labute approximate surface area is 137 Å². The second-order valence-electron chi connectivity index (χ2n) is 5.48. The number of hydrogen-bond donors (Lipinski definition) is 1. The van der Waals surface area contributed by atoms with Crippen molar-refractivity contribution in [1.29, 1.82) is 0 Å². The summed E-state index contributed by atoms with van der Waals surface area (Å²) in [4.78, 5) is 4.68. The molecule has 0 aliphatic heterocycles. The highest BCUT2D eigenvalue weighted by Gasteiger charge is 2.19. The number of benzene rings is 1. The molecule has 5 heteroatoms. The van der Waals surface area contributed by atoms with Crippen LogP contribution in [0.3, 0.4) is 0 Å². The van der Waals surface area contributed by atoms with Crippen molar-refractivity contribution < 1.29 is 4.74 Å². The van der Waals surface area contributed by atoms with E-state index in [1.807, 2.05) is 6.07 Å². The Bertz CT molecular complexity index is 426. The Morgan fingerprint density at radius 1 is 1.24 bits per heavy atom. The van der Waals surface area contributed by atoms with Crippen molar-refractivity contribution in [3.63, 3.8) is 0 Å². The lowest BCUT2D eigenvalue weighted by atomic mass is 10.0. The number of hydrogen-bond acceptors (Lipinski definition) is 4. The predicted molar refractivity (Wildman–Crippen MR) is 92.9 cm³/mol. The lowest BCUT2D eigenvalue weighted by Crippen LogP contribution is -2.38. The van der Waals surface area contributed by atoms with Crippen LogP contribution in [0.2, 0.25) is 0 Å². The van der Waals surface area contributed by atoms with Gasteiger partial charge in [-0.1, -0.05) is 13.0 Å². The monoisotopic (exact) mass is 357 g/mol. The molecule has 21 heavy (non-hydrogen) atoms. The van der Waals surface area contributed by atoms with E-state index in [9.17, 15) is 0 Å². The Kier molecular flexibility index (Phi) is 8.26. The molecule has 0 aliphatic carbocycles. The van der Waals surface area contributed by atoms with Gasteiger partial charge in [-0.25, -0.2) is 0 Å². The third-order valence-corrected chi connectivity index (χ3v) is 4.19. The molecule has 1 rings (SSSR count). The molecule has 120 valence electrons. The van der Waals surface area contributed by atoms with Gasteiger partial charge < -0.3 is 15.4 Å². The first-order valence-corrected chi connectivity index (χ1v) is 8.25. The quantitative estimate of drug-likeness (QED) is 0.737. The maximum absolute atomic E-state index is 6.06. The highest BCUT2D eigenvalue weighted by atomic mass is 79.9. The van der Waals surface area contributed by atoms with E-state index < -0.39 is 0 Å². The summed E-state index contributed by atoms with van der Waals surface area (Å²) in [6.45, 7) is 5.94. The van der Waals surface area contributed by atoms with E-state index in [0.717, 1.165) is 36.3 Å². The molecule has 0 aliphatic rings. The van der Waals surface area contributed by atoms with E-state index in [0.29, 0.717) is 6.54 Å². The van der Waals surface area contributed by atoms with E-state index in [4.69, 9.17) is 10.5 Å². The standard InChI is InChI=1S/C16H28BrN3O/c1-5-8-20(10-9-19(2)3)15(12-18)13-6-7-16(21-4)14(17)11-13/h6-7,11,15H,5,8-10,12,18H2,1-4H3. The van der Waals surface area contributed by atoms with Crippen LogP contribution in [0.4, 0.5) is 0 Å². The first kappa shape index (κ1) is 18.4. The number of ether oxygens (including phenoxy) is 1. The van der Waals surface area contributed by atoms with Gasteiger partial charge in [-0.3, -0.25) is 4.90 Å². The van der Waals surface area contributed by atoms with Crippen molar-refractivity contribution in [3.05, 3.63) is 28.2 Å². The van der Waals surface area contributed by atoms with Crippen LogP contribution in [0.1, 0.15) is 24.9 Å². The average Bonchev–Trinajstić information content (AvgIpc) is 2.45. The summed E-state index contributed by atoms with van der Waals surface area (Å²) < 4.78 is 6.28. The smallest absolute Gasteiger partial charge is 0.133 e. The molecule has 0 fully saturated rings. The van der Waals surface area contributed by atoms with Crippen molar-refractivity contribution in [3.8, 4) is 5.75 Å². The number of nitrogens with zero attached hydrogens (tertiary/aromatic N) is 2. The first-order chi connectivity index (χ1) is 10.0. The molecule has 1 atom stereocenters. The number of rotatable bonds is 9. The molecule has 0 spiro atoms. The largest absolute Gasteiger partial charge is 0.496 e. The van der Waals surface area contributed by atoms with Gasteiger partial charge >= 0.3 is 0 Å². The zero-order valence-electron chi connectivity index (χ0n) is 13.6. The van der Waals surface area contributed by atoms with Crippen LogP contribution < -0.4 is 10.5 Å². The highest BCUT2D eigenvalue weighted by molar-refractivity contribution is 9.10.